The van der Waals surface area contributed by atoms with Gasteiger partial charge < -0.3 is 28.4 Å². The highest BCUT2D eigenvalue weighted by Crippen LogP contribution is 2.49. The Bertz CT molecular complexity index is 1450. The van der Waals surface area contributed by atoms with Crippen molar-refractivity contribution in [2.45, 2.75) is 42.3 Å². The van der Waals surface area contributed by atoms with E-state index in [0.29, 0.717) is 24.5 Å². The summed E-state index contributed by atoms with van der Waals surface area (Å²) in [6.45, 7) is 2.42. The number of carbonyl (C=O) groups is 1. The molecule has 1 N–H and O–H groups in total. The van der Waals surface area contributed by atoms with Crippen LogP contribution < -0.4 is 23.7 Å². The molecule has 1 saturated heterocycles. The number of ether oxygens (including phenoxy) is 6. The predicted octanol–water partition coefficient (Wildman–Crippen LogP) is 6.10. The Balaban J connectivity index is 1.94. The molecule has 10 nitrogen and oxygen atoms in total. The fraction of sp³-hybridized carbons (Fsp3) is 0.345. The zero-order valence-corrected chi connectivity index (χ0v) is 24.9. The number of carbonyl (C=O) groups excluding carboxylic acids is 1. The maximum absolute atomic E-state index is 13.7. The van der Waals surface area contributed by atoms with E-state index < -0.39 is 22.3 Å². The summed E-state index contributed by atoms with van der Waals surface area (Å²) in [4.78, 5) is 13.9. The quantitative estimate of drug-likeness (QED) is 0.192. The van der Waals surface area contributed by atoms with Gasteiger partial charge in [0.25, 0.3) is 10.0 Å². The number of thioether (sulfide) groups is 1. The van der Waals surface area contributed by atoms with Gasteiger partial charge in [0.2, 0.25) is 0 Å². The Hall–Kier alpha value is -3.61. The summed E-state index contributed by atoms with van der Waals surface area (Å²) in [7, 11) is -1.46. The zero-order chi connectivity index (χ0) is 29.4. The normalized spacial score (nSPS) is 15.1. The van der Waals surface area contributed by atoms with Crippen LogP contribution in [0.15, 0.2) is 64.4 Å². The van der Waals surface area contributed by atoms with Crippen LogP contribution in [0.3, 0.4) is 0 Å². The summed E-state index contributed by atoms with van der Waals surface area (Å²) in [6, 6.07) is 14.6. The SMILES string of the molecule is CCOc1cc(C(=O)OC)c(OC2CCCCO2)c(NS(=O)(=O)c2ccc(SC)cc2)c1Oc1cccc(OC)c1. The maximum atomic E-state index is 13.7. The summed E-state index contributed by atoms with van der Waals surface area (Å²) in [6.07, 6.45) is 3.42. The molecule has 41 heavy (non-hydrogen) atoms. The molecule has 0 aromatic heterocycles. The maximum Gasteiger partial charge on any atom is 0.341 e. The number of sulfonamides is 1. The van der Waals surface area contributed by atoms with Gasteiger partial charge in [-0.2, -0.15) is 0 Å². The topological polar surface area (TPSA) is 119 Å². The molecule has 1 atom stereocenters. The molecular formula is C29H33NO9S2. The van der Waals surface area contributed by atoms with E-state index in [4.69, 9.17) is 28.4 Å². The summed E-state index contributed by atoms with van der Waals surface area (Å²) >= 11 is 1.49. The Morgan fingerprint density at radius 2 is 1.80 bits per heavy atom. The molecule has 1 aliphatic heterocycles. The van der Waals surface area contributed by atoms with Gasteiger partial charge >= 0.3 is 5.97 Å². The number of hydrogen-bond acceptors (Lipinski definition) is 10. The van der Waals surface area contributed by atoms with Gasteiger partial charge in [-0.3, -0.25) is 4.72 Å². The van der Waals surface area contributed by atoms with E-state index in [2.05, 4.69) is 4.72 Å². The van der Waals surface area contributed by atoms with Crippen LogP contribution in [-0.2, 0) is 19.5 Å². The van der Waals surface area contributed by atoms with Crippen molar-refractivity contribution in [3.63, 3.8) is 0 Å². The van der Waals surface area contributed by atoms with Gasteiger partial charge in [-0.25, -0.2) is 13.2 Å². The Kier molecular flexibility index (Phi) is 10.2. The highest BCUT2D eigenvalue weighted by Gasteiger charge is 2.32. The third-order valence-corrected chi connectivity index (χ3v) is 8.27. The minimum atomic E-state index is -4.20. The van der Waals surface area contributed by atoms with E-state index in [1.807, 2.05) is 6.26 Å². The van der Waals surface area contributed by atoms with Crippen molar-refractivity contribution in [3.8, 4) is 28.7 Å². The molecule has 0 spiro atoms. The molecule has 1 fully saturated rings. The molecule has 0 saturated carbocycles. The van der Waals surface area contributed by atoms with Gasteiger partial charge in [0, 0.05) is 23.4 Å². The number of esters is 1. The highest BCUT2D eigenvalue weighted by atomic mass is 32.2. The van der Waals surface area contributed by atoms with Crippen molar-refractivity contribution in [2.24, 2.45) is 0 Å². The molecule has 12 heteroatoms. The molecule has 3 aromatic rings. The minimum absolute atomic E-state index is 0.00364. The lowest BCUT2D eigenvalue weighted by atomic mass is 10.1. The van der Waals surface area contributed by atoms with Crippen molar-refractivity contribution >= 4 is 33.4 Å². The summed E-state index contributed by atoms with van der Waals surface area (Å²) < 4.78 is 64.5. The lowest BCUT2D eigenvalue weighted by molar-refractivity contribution is -0.105. The number of hydrogen-bond donors (Lipinski definition) is 1. The first-order valence-electron chi connectivity index (χ1n) is 13.0. The third-order valence-electron chi connectivity index (χ3n) is 6.16. The lowest BCUT2D eigenvalue weighted by Crippen LogP contribution is -2.27. The van der Waals surface area contributed by atoms with E-state index in [1.165, 1.54) is 44.2 Å². The van der Waals surface area contributed by atoms with Crippen LogP contribution in [0.1, 0.15) is 36.5 Å². The molecule has 3 aromatic carbocycles. The Labute approximate surface area is 244 Å². The van der Waals surface area contributed by atoms with E-state index in [1.54, 1.807) is 43.3 Å². The summed E-state index contributed by atoms with van der Waals surface area (Å²) in [5.74, 6) is 0.0882. The average Bonchev–Trinajstić information content (AvgIpc) is 3.00. The fourth-order valence-electron chi connectivity index (χ4n) is 4.13. The molecular weight excluding hydrogens is 570 g/mol. The van der Waals surface area contributed by atoms with Crippen LogP contribution in [0.4, 0.5) is 5.69 Å². The second-order valence-electron chi connectivity index (χ2n) is 8.86. The molecule has 0 aliphatic carbocycles. The predicted molar refractivity (Wildman–Crippen MR) is 155 cm³/mol. The smallest absolute Gasteiger partial charge is 0.341 e. The molecule has 0 bridgehead atoms. The fourth-order valence-corrected chi connectivity index (χ4v) is 5.60. The number of benzene rings is 3. The van der Waals surface area contributed by atoms with Crippen molar-refractivity contribution in [3.05, 3.63) is 60.2 Å². The first-order valence-corrected chi connectivity index (χ1v) is 15.7. The molecule has 220 valence electrons. The summed E-state index contributed by atoms with van der Waals surface area (Å²) in [5, 5.41) is 0. The number of anilines is 1. The molecule has 1 unspecified atom stereocenters. The lowest BCUT2D eigenvalue weighted by Gasteiger charge is -2.27. The first-order chi connectivity index (χ1) is 19.8. The number of nitrogens with one attached hydrogen (secondary N) is 1. The summed E-state index contributed by atoms with van der Waals surface area (Å²) in [5.41, 5.74) is -0.194. The zero-order valence-electron chi connectivity index (χ0n) is 23.3. The molecule has 1 aliphatic rings. The van der Waals surface area contributed by atoms with Crippen LogP contribution in [0.5, 0.6) is 28.7 Å². The van der Waals surface area contributed by atoms with Crippen molar-refractivity contribution in [1.82, 2.24) is 0 Å². The Morgan fingerprint density at radius 3 is 2.44 bits per heavy atom. The highest BCUT2D eigenvalue weighted by molar-refractivity contribution is 7.98. The van der Waals surface area contributed by atoms with E-state index in [-0.39, 0.29) is 40.0 Å². The molecule has 0 amide bonds. The number of rotatable bonds is 12. The van der Waals surface area contributed by atoms with Gasteiger partial charge in [0.1, 0.15) is 22.7 Å². The van der Waals surface area contributed by atoms with Crippen LogP contribution in [0.25, 0.3) is 0 Å². The molecule has 1 heterocycles. The minimum Gasteiger partial charge on any atom is -0.497 e. The van der Waals surface area contributed by atoms with Crippen molar-refractivity contribution in [1.29, 1.82) is 0 Å². The molecule has 0 radical (unpaired) electrons. The second kappa shape index (κ2) is 13.8. The monoisotopic (exact) mass is 603 g/mol. The first kappa shape index (κ1) is 30.4. The van der Waals surface area contributed by atoms with Gasteiger partial charge in [-0.15, -0.1) is 11.8 Å². The van der Waals surface area contributed by atoms with Gasteiger partial charge in [0.05, 0.1) is 32.3 Å². The number of methoxy groups -OCH3 is 2. The second-order valence-corrected chi connectivity index (χ2v) is 11.4. The van der Waals surface area contributed by atoms with Gasteiger partial charge in [-0.05, 0) is 62.4 Å². The average molecular weight is 604 g/mol. The standard InChI is InChI=1S/C29H33NO9S2/c1-5-36-24-18-23(29(31)35-3)27(39-25-11-6-7-16-37-25)26(28(24)38-20-10-8-9-19(17-20)34-2)30-41(32,33)22-14-12-21(40-4)13-15-22/h8-10,12-15,17-18,25,30H,5-7,11,16H2,1-4H3. The van der Waals surface area contributed by atoms with Crippen molar-refractivity contribution < 1.29 is 41.6 Å². The van der Waals surface area contributed by atoms with Crippen LogP contribution in [0, 0.1) is 0 Å². The van der Waals surface area contributed by atoms with Crippen LogP contribution >= 0.6 is 11.8 Å². The van der Waals surface area contributed by atoms with Crippen LogP contribution in [0.2, 0.25) is 0 Å². The van der Waals surface area contributed by atoms with E-state index in [0.717, 1.165) is 17.7 Å². The van der Waals surface area contributed by atoms with Gasteiger partial charge in [0.15, 0.2) is 23.5 Å². The largest absolute Gasteiger partial charge is 0.497 e. The van der Waals surface area contributed by atoms with Gasteiger partial charge in [-0.1, -0.05) is 6.07 Å². The molecule has 4 rings (SSSR count). The van der Waals surface area contributed by atoms with E-state index >= 15 is 0 Å². The Morgan fingerprint density at radius 1 is 1.05 bits per heavy atom. The van der Waals surface area contributed by atoms with Crippen LogP contribution in [-0.4, -0.2) is 54.4 Å². The van der Waals surface area contributed by atoms with Crippen molar-refractivity contribution in [2.75, 3.05) is 38.4 Å². The third kappa shape index (κ3) is 7.38. The van der Waals surface area contributed by atoms with E-state index in [9.17, 15) is 13.2 Å².